The molecule has 0 aliphatic carbocycles. The third-order valence-electron chi connectivity index (χ3n) is 5.67. The Morgan fingerprint density at radius 2 is 1.97 bits per heavy atom. The summed E-state index contributed by atoms with van der Waals surface area (Å²) in [5, 5.41) is 2.31. The van der Waals surface area contributed by atoms with E-state index in [1.807, 2.05) is 24.3 Å². The summed E-state index contributed by atoms with van der Waals surface area (Å²) >= 11 is 1.29. The predicted molar refractivity (Wildman–Crippen MR) is 125 cm³/mol. The van der Waals surface area contributed by atoms with E-state index in [0.29, 0.717) is 23.1 Å². The zero-order valence-electron chi connectivity index (χ0n) is 17.9. The minimum Gasteiger partial charge on any atom is -0.494 e. The van der Waals surface area contributed by atoms with Crippen LogP contribution in [-0.4, -0.2) is 17.5 Å². The third kappa shape index (κ3) is 3.80. The summed E-state index contributed by atoms with van der Waals surface area (Å²) in [5.41, 5.74) is 0.637. The van der Waals surface area contributed by atoms with Gasteiger partial charge in [-0.05, 0) is 42.3 Å². The van der Waals surface area contributed by atoms with Gasteiger partial charge in [-0.15, -0.1) is 11.3 Å². The number of aromatic nitrogens is 1. The largest absolute Gasteiger partial charge is 0.494 e. The first-order chi connectivity index (χ1) is 16.1. The van der Waals surface area contributed by atoms with Crippen molar-refractivity contribution in [1.82, 2.24) is 4.98 Å². The second-order valence-electron chi connectivity index (χ2n) is 7.83. The van der Waals surface area contributed by atoms with E-state index in [9.17, 15) is 14.0 Å². The monoisotopic (exact) mass is 464 g/mol. The number of fused-ring (bicyclic) bond motifs is 2. The van der Waals surface area contributed by atoms with Gasteiger partial charge >= 0.3 is 0 Å². The highest BCUT2D eigenvalue weighted by Gasteiger charge is 2.44. The standard InChI is InChI=1S/C25H21FN2O4S/c1-2-3-4-12-31-17-8-5-15(6-9-17)21-20-22(29)18-14-16(26)7-10-19(18)32-23(20)24(30)28(21)25-27-11-13-33-25/h5-11,13-14,21H,2-4,12H2,1H3. The molecule has 168 valence electrons. The predicted octanol–water partition coefficient (Wildman–Crippen LogP) is 5.71. The highest BCUT2D eigenvalue weighted by molar-refractivity contribution is 7.13. The summed E-state index contributed by atoms with van der Waals surface area (Å²) < 4.78 is 25.5. The van der Waals surface area contributed by atoms with E-state index >= 15 is 0 Å². The fraction of sp³-hybridized carbons (Fsp3) is 0.240. The summed E-state index contributed by atoms with van der Waals surface area (Å²) in [6.45, 7) is 2.77. The van der Waals surface area contributed by atoms with Crippen molar-refractivity contribution in [1.29, 1.82) is 0 Å². The van der Waals surface area contributed by atoms with Gasteiger partial charge in [-0.3, -0.25) is 14.5 Å². The molecule has 1 unspecified atom stereocenters. The molecule has 4 aromatic rings. The molecular weight excluding hydrogens is 443 g/mol. The average molecular weight is 465 g/mol. The molecule has 0 bridgehead atoms. The smallest absolute Gasteiger partial charge is 0.297 e. The van der Waals surface area contributed by atoms with E-state index in [1.54, 1.807) is 11.6 Å². The van der Waals surface area contributed by atoms with Crippen LogP contribution in [-0.2, 0) is 0 Å². The van der Waals surface area contributed by atoms with Gasteiger partial charge in [0.25, 0.3) is 5.91 Å². The molecular formula is C25H21FN2O4S. The van der Waals surface area contributed by atoms with Gasteiger partial charge in [0.1, 0.15) is 17.1 Å². The van der Waals surface area contributed by atoms with Crippen molar-refractivity contribution in [2.45, 2.75) is 32.2 Å². The molecule has 0 fully saturated rings. The van der Waals surface area contributed by atoms with Crippen molar-refractivity contribution in [3.63, 3.8) is 0 Å². The number of carbonyl (C=O) groups excluding carboxylic acids is 1. The molecule has 2 aromatic heterocycles. The number of anilines is 1. The molecule has 0 saturated carbocycles. The van der Waals surface area contributed by atoms with Gasteiger partial charge in [0.05, 0.1) is 23.6 Å². The van der Waals surface area contributed by atoms with E-state index in [4.69, 9.17) is 9.15 Å². The SMILES string of the molecule is CCCCCOc1ccc(C2c3c(oc4ccc(F)cc4c3=O)C(=O)N2c2nccs2)cc1. The first-order valence-electron chi connectivity index (χ1n) is 10.8. The van der Waals surface area contributed by atoms with Crippen molar-refractivity contribution in [2.24, 2.45) is 0 Å². The molecule has 0 spiro atoms. The third-order valence-corrected chi connectivity index (χ3v) is 6.44. The van der Waals surface area contributed by atoms with Crippen LogP contribution in [0.4, 0.5) is 9.52 Å². The molecule has 0 radical (unpaired) electrons. The van der Waals surface area contributed by atoms with Gasteiger partial charge in [0.15, 0.2) is 10.6 Å². The van der Waals surface area contributed by atoms with Crippen molar-refractivity contribution in [3.8, 4) is 5.75 Å². The number of hydrogen-bond acceptors (Lipinski definition) is 6. The first-order valence-corrected chi connectivity index (χ1v) is 11.7. The van der Waals surface area contributed by atoms with Crippen LogP contribution in [0, 0.1) is 5.82 Å². The number of hydrogen-bond donors (Lipinski definition) is 0. The lowest BCUT2D eigenvalue weighted by molar-refractivity contribution is 0.0971. The average Bonchev–Trinajstić information content (AvgIpc) is 3.44. The molecule has 1 amide bonds. The number of unbranched alkanes of at least 4 members (excludes halogenated alkanes) is 2. The van der Waals surface area contributed by atoms with E-state index in [2.05, 4.69) is 11.9 Å². The quantitative estimate of drug-likeness (QED) is 0.328. The number of halogens is 1. The number of benzene rings is 2. The van der Waals surface area contributed by atoms with Crippen LogP contribution in [0.1, 0.15) is 53.9 Å². The fourth-order valence-corrected chi connectivity index (χ4v) is 4.75. The van der Waals surface area contributed by atoms with E-state index in [1.165, 1.54) is 28.4 Å². The number of nitrogens with zero attached hydrogens (tertiary/aromatic N) is 2. The van der Waals surface area contributed by atoms with Crippen LogP contribution in [0.25, 0.3) is 11.0 Å². The lowest BCUT2D eigenvalue weighted by atomic mass is 9.98. The number of thiazole rings is 1. The van der Waals surface area contributed by atoms with Crippen molar-refractivity contribution in [2.75, 3.05) is 11.5 Å². The molecule has 1 atom stereocenters. The maximum atomic E-state index is 13.9. The first kappa shape index (κ1) is 21.3. The van der Waals surface area contributed by atoms with Gasteiger partial charge in [0.2, 0.25) is 5.76 Å². The molecule has 33 heavy (non-hydrogen) atoms. The Bertz CT molecular complexity index is 1370. The zero-order chi connectivity index (χ0) is 22.9. The Labute approximate surface area is 193 Å². The Balaban J connectivity index is 1.60. The second-order valence-corrected chi connectivity index (χ2v) is 8.70. The highest BCUT2D eigenvalue weighted by atomic mass is 32.1. The van der Waals surface area contributed by atoms with Crippen molar-refractivity contribution >= 4 is 33.3 Å². The lowest BCUT2D eigenvalue weighted by Crippen LogP contribution is -2.29. The fourth-order valence-electron chi connectivity index (χ4n) is 4.08. The van der Waals surface area contributed by atoms with Crippen LogP contribution in [0.3, 0.4) is 0 Å². The molecule has 0 N–H and O–H groups in total. The Morgan fingerprint density at radius 1 is 1.15 bits per heavy atom. The van der Waals surface area contributed by atoms with Gasteiger partial charge in [-0.1, -0.05) is 31.9 Å². The minimum atomic E-state index is -0.739. The molecule has 6 nitrogen and oxygen atoms in total. The summed E-state index contributed by atoms with van der Waals surface area (Å²) in [7, 11) is 0. The molecule has 8 heteroatoms. The number of carbonyl (C=O) groups is 1. The van der Waals surface area contributed by atoms with Crippen molar-refractivity contribution < 1.29 is 18.3 Å². The summed E-state index contributed by atoms with van der Waals surface area (Å²) in [6, 6.07) is 10.3. The van der Waals surface area contributed by atoms with Gasteiger partial charge in [-0.25, -0.2) is 9.37 Å². The van der Waals surface area contributed by atoms with Crippen LogP contribution in [0.5, 0.6) is 5.75 Å². The molecule has 5 rings (SSSR count). The van der Waals surface area contributed by atoms with Crippen LogP contribution < -0.4 is 15.1 Å². The van der Waals surface area contributed by atoms with Crippen molar-refractivity contribution in [3.05, 3.63) is 87.0 Å². The van der Waals surface area contributed by atoms with E-state index < -0.39 is 23.2 Å². The molecule has 2 aromatic carbocycles. The second kappa shape index (κ2) is 8.78. The number of amides is 1. The zero-order valence-corrected chi connectivity index (χ0v) is 18.7. The number of ether oxygens (including phenoxy) is 1. The molecule has 0 saturated heterocycles. The van der Waals surface area contributed by atoms with E-state index in [0.717, 1.165) is 25.3 Å². The van der Waals surface area contributed by atoms with Gasteiger partial charge in [0, 0.05) is 11.6 Å². The van der Waals surface area contributed by atoms with Gasteiger partial charge in [-0.2, -0.15) is 0 Å². The molecule has 1 aliphatic rings. The molecule has 1 aliphatic heterocycles. The summed E-state index contributed by atoms with van der Waals surface area (Å²) in [4.78, 5) is 32.6. The molecule has 3 heterocycles. The lowest BCUT2D eigenvalue weighted by Gasteiger charge is -2.22. The summed E-state index contributed by atoms with van der Waals surface area (Å²) in [5.74, 6) is -0.322. The highest BCUT2D eigenvalue weighted by Crippen LogP contribution is 2.42. The Kier molecular flexibility index (Phi) is 5.68. The summed E-state index contributed by atoms with van der Waals surface area (Å²) in [6.07, 6.45) is 4.80. The van der Waals surface area contributed by atoms with Crippen LogP contribution >= 0.6 is 11.3 Å². The number of rotatable bonds is 7. The Hall–Kier alpha value is -3.52. The Morgan fingerprint density at radius 3 is 2.70 bits per heavy atom. The van der Waals surface area contributed by atoms with Crippen LogP contribution in [0.2, 0.25) is 0 Å². The van der Waals surface area contributed by atoms with E-state index in [-0.39, 0.29) is 22.3 Å². The van der Waals surface area contributed by atoms with Crippen LogP contribution in [0.15, 0.2) is 63.3 Å². The minimum absolute atomic E-state index is 0.0424. The van der Waals surface area contributed by atoms with Gasteiger partial charge < -0.3 is 9.15 Å². The normalized spacial score (nSPS) is 15.3. The maximum absolute atomic E-state index is 13.9. The topological polar surface area (TPSA) is 72.6 Å². The maximum Gasteiger partial charge on any atom is 0.297 e.